The van der Waals surface area contributed by atoms with E-state index in [4.69, 9.17) is 11.5 Å². The zero-order chi connectivity index (χ0) is 11.2. The van der Waals surface area contributed by atoms with Crippen molar-refractivity contribution in [3.05, 3.63) is 71.0 Å². The van der Waals surface area contributed by atoms with Crippen molar-refractivity contribution in [1.29, 1.82) is 0 Å². The molecule has 0 saturated heterocycles. The summed E-state index contributed by atoms with van der Waals surface area (Å²) in [6.07, 6.45) is 7.86. The Morgan fingerprint density at radius 2 is 1.75 bits per heavy atom. The first-order valence-corrected chi connectivity index (χ1v) is 5.23. The number of allylic oxidation sites excluding steroid dienone is 3. The van der Waals surface area contributed by atoms with Crippen molar-refractivity contribution in [2.45, 2.75) is 5.66 Å². The molecule has 78 valence electrons. The second kappa shape index (κ2) is 3.06. The molecule has 2 aliphatic carbocycles. The lowest BCUT2D eigenvalue weighted by Crippen LogP contribution is -2.48. The lowest BCUT2D eigenvalue weighted by atomic mass is 9.83. The van der Waals surface area contributed by atoms with E-state index in [1.54, 1.807) is 0 Å². The summed E-state index contributed by atoms with van der Waals surface area (Å²) in [7, 11) is 0. The van der Waals surface area contributed by atoms with Crippen LogP contribution in [0, 0.1) is 0 Å². The molecule has 0 fully saturated rings. The minimum absolute atomic E-state index is 0.825. The van der Waals surface area contributed by atoms with E-state index >= 15 is 0 Å². The highest BCUT2D eigenvalue weighted by molar-refractivity contribution is 5.81. The smallest absolute Gasteiger partial charge is 0.124 e. The fourth-order valence-corrected chi connectivity index (χ4v) is 2.15. The van der Waals surface area contributed by atoms with Gasteiger partial charge in [-0.1, -0.05) is 36.4 Å². The first-order valence-electron chi connectivity index (χ1n) is 5.23. The Kier molecular flexibility index (Phi) is 1.79. The van der Waals surface area contributed by atoms with E-state index < -0.39 is 5.66 Å². The lowest BCUT2D eigenvalue weighted by molar-refractivity contribution is 0.563. The Balaban J connectivity index is 2.40. The molecule has 0 saturated carbocycles. The maximum absolute atomic E-state index is 6.20. The normalized spacial score (nSPS) is 19.6. The van der Waals surface area contributed by atoms with E-state index in [2.05, 4.69) is 5.73 Å². The molecule has 1 aromatic carbocycles. The molecule has 4 N–H and O–H groups in total. The van der Waals surface area contributed by atoms with Crippen LogP contribution in [0.4, 0.5) is 0 Å². The Bertz CT molecular complexity index is 583. The summed E-state index contributed by atoms with van der Waals surface area (Å²) in [5, 5.41) is 0. The van der Waals surface area contributed by atoms with Gasteiger partial charge < -0.3 is 11.5 Å². The lowest BCUT2D eigenvalue weighted by Gasteiger charge is -2.30. The highest BCUT2D eigenvalue weighted by Gasteiger charge is 2.31. The van der Waals surface area contributed by atoms with Crippen molar-refractivity contribution in [2.24, 2.45) is 11.5 Å². The van der Waals surface area contributed by atoms with E-state index in [0.29, 0.717) is 0 Å². The van der Waals surface area contributed by atoms with Crippen LogP contribution in [-0.2, 0) is 5.66 Å². The molecule has 0 spiro atoms. The molecule has 2 aliphatic rings. The van der Waals surface area contributed by atoms with Crippen LogP contribution in [-0.4, -0.2) is 0 Å². The molecule has 16 heavy (non-hydrogen) atoms. The predicted molar refractivity (Wildman–Crippen MR) is 65.2 cm³/mol. The molecule has 0 atom stereocenters. The van der Waals surface area contributed by atoms with Gasteiger partial charge in [0.1, 0.15) is 5.66 Å². The quantitative estimate of drug-likeness (QED) is 0.504. The summed E-state index contributed by atoms with van der Waals surface area (Å²) >= 11 is 0. The van der Waals surface area contributed by atoms with Gasteiger partial charge in [-0.25, -0.2) is 0 Å². The van der Waals surface area contributed by atoms with Gasteiger partial charge in [-0.2, -0.15) is 0 Å². The maximum Gasteiger partial charge on any atom is 0.124 e. The largest absolute Gasteiger partial charge is 0.305 e. The molecule has 0 heterocycles. The first-order chi connectivity index (χ1) is 7.69. The first kappa shape index (κ1) is 9.37. The van der Waals surface area contributed by atoms with Crippen LogP contribution in [0.1, 0.15) is 11.1 Å². The van der Waals surface area contributed by atoms with Crippen LogP contribution in [0.2, 0.25) is 0 Å². The van der Waals surface area contributed by atoms with E-state index in [0.717, 1.165) is 22.3 Å². The van der Waals surface area contributed by atoms with Gasteiger partial charge in [0.25, 0.3) is 0 Å². The molecule has 2 nitrogen and oxygen atoms in total. The topological polar surface area (TPSA) is 52.0 Å². The van der Waals surface area contributed by atoms with Crippen LogP contribution in [0.15, 0.2) is 59.9 Å². The molecule has 0 radical (unpaired) electrons. The molecule has 0 aliphatic heterocycles. The van der Waals surface area contributed by atoms with Crippen LogP contribution in [0.5, 0.6) is 0 Å². The van der Waals surface area contributed by atoms with Gasteiger partial charge in [0, 0.05) is 11.1 Å². The Morgan fingerprint density at radius 1 is 1.00 bits per heavy atom. The van der Waals surface area contributed by atoms with Gasteiger partial charge >= 0.3 is 0 Å². The van der Waals surface area contributed by atoms with Crippen molar-refractivity contribution >= 4 is 5.57 Å². The Hall–Kier alpha value is -1.86. The number of nitrogens with two attached hydrogens (primary N) is 2. The van der Waals surface area contributed by atoms with Crippen molar-refractivity contribution in [1.82, 2.24) is 0 Å². The van der Waals surface area contributed by atoms with E-state index in [1.807, 2.05) is 48.6 Å². The zero-order valence-electron chi connectivity index (χ0n) is 8.77. The molecule has 3 rings (SSSR count). The van der Waals surface area contributed by atoms with Gasteiger partial charge in [-0.05, 0) is 23.3 Å². The Morgan fingerprint density at radius 3 is 2.62 bits per heavy atom. The molecule has 2 heteroatoms. The van der Waals surface area contributed by atoms with Crippen molar-refractivity contribution in [3.8, 4) is 0 Å². The minimum atomic E-state index is -0.942. The summed E-state index contributed by atoms with van der Waals surface area (Å²) in [4.78, 5) is 0. The second-order valence-corrected chi connectivity index (χ2v) is 4.09. The van der Waals surface area contributed by atoms with Gasteiger partial charge in [-0.15, -0.1) is 5.73 Å². The van der Waals surface area contributed by atoms with E-state index in [1.165, 1.54) is 0 Å². The van der Waals surface area contributed by atoms with Crippen LogP contribution in [0.25, 0.3) is 5.57 Å². The summed E-state index contributed by atoms with van der Waals surface area (Å²) in [5.74, 6) is 0. The molecule has 0 amide bonds. The predicted octanol–water partition coefficient (Wildman–Crippen LogP) is 1.81. The molecular weight excluding hydrogens is 196 g/mol. The summed E-state index contributed by atoms with van der Waals surface area (Å²) < 4.78 is 0. The van der Waals surface area contributed by atoms with Crippen LogP contribution >= 0.6 is 0 Å². The van der Waals surface area contributed by atoms with E-state index in [9.17, 15) is 0 Å². The van der Waals surface area contributed by atoms with Crippen LogP contribution in [0.3, 0.4) is 0 Å². The monoisotopic (exact) mass is 208 g/mol. The molecule has 0 unspecified atom stereocenters. The number of fused-ring (bicyclic) bond motifs is 2. The van der Waals surface area contributed by atoms with Crippen molar-refractivity contribution in [3.63, 3.8) is 0 Å². The fourth-order valence-electron chi connectivity index (χ4n) is 2.15. The standard InChI is InChI=1S/C14H12N2/c15-14(16)11-6-2-1-5-10(9-11)12-7-3-4-8-13(12)14/h1-8H,15-16H2. The summed E-state index contributed by atoms with van der Waals surface area (Å²) in [5.41, 5.74) is 18.6. The molecule has 2 bridgehead atoms. The number of benzene rings is 1. The zero-order valence-corrected chi connectivity index (χ0v) is 8.77. The third-order valence-corrected chi connectivity index (χ3v) is 3.01. The average Bonchev–Trinajstić information content (AvgIpc) is 2.52. The summed E-state index contributed by atoms with van der Waals surface area (Å²) in [6, 6.07) is 7.95. The fraction of sp³-hybridized carbons (Fsp3) is 0.0714. The van der Waals surface area contributed by atoms with Gasteiger partial charge in [0.15, 0.2) is 0 Å². The van der Waals surface area contributed by atoms with Gasteiger partial charge in [0.05, 0.1) is 0 Å². The molecule has 0 aromatic heterocycles. The average molecular weight is 208 g/mol. The Labute approximate surface area is 94.3 Å². The van der Waals surface area contributed by atoms with Gasteiger partial charge in [0.2, 0.25) is 0 Å². The summed E-state index contributed by atoms with van der Waals surface area (Å²) in [6.45, 7) is 0. The van der Waals surface area contributed by atoms with Gasteiger partial charge in [-0.3, -0.25) is 0 Å². The second-order valence-electron chi connectivity index (χ2n) is 4.09. The number of rotatable bonds is 0. The highest BCUT2D eigenvalue weighted by atomic mass is 15.0. The highest BCUT2D eigenvalue weighted by Crippen LogP contribution is 2.35. The minimum Gasteiger partial charge on any atom is -0.305 e. The third-order valence-electron chi connectivity index (χ3n) is 3.01. The number of hydrogen-bond acceptors (Lipinski definition) is 2. The van der Waals surface area contributed by atoms with Crippen LogP contribution < -0.4 is 11.5 Å². The molecule has 1 aromatic rings. The SMILES string of the molecule is NC1(N)C2=C=C(C=CC=C2)c2ccccc21. The van der Waals surface area contributed by atoms with E-state index in [-0.39, 0.29) is 0 Å². The van der Waals surface area contributed by atoms with Crippen molar-refractivity contribution in [2.75, 3.05) is 0 Å². The third kappa shape index (κ3) is 1.15. The van der Waals surface area contributed by atoms with Crippen molar-refractivity contribution < 1.29 is 0 Å². The maximum atomic E-state index is 6.20. The molecular formula is C14H12N2. The number of hydrogen-bond donors (Lipinski definition) is 2.